The van der Waals surface area contributed by atoms with Gasteiger partial charge in [-0.25, -0.2) is 4.98 Å². The molecule has 0 N–H and O–H groups in total. The number of nitrogens with zero attached hydrogens (tertiary/aromatic N) is 1. The molecule has 3 aromatic rings. The van der Waals surface area contributed by atoms with Crippen LogP contribution in [0.3, 0.4) is 0 Å². The minimum absolute atomic E-state index is 0.853. The van der Waals surface area contributed by atoms with Crippen molar-refractivity contribution in [1.29, 1.82) is 0 Å². The Morgan fingerprint density at radius 1 is 1.15 bits per heavy atom. The van der Waals surface area contributed by atoms with Crippen LogP contribution in [0.2, 0.25) is 0 Å². The molecule has 2 aromatic carbocycles. The summed E-state index contributed by atoms with van der Waals surface area (Å²) in [6, 6.07) is 10.5. The molecule has 20 heavy (non-hydrogen) atoms. The van der Waals surface area contributed by atoms with Crippen molar-refractivity contribution in [3.63, 3.8) is 0 Å². The van der Waals surface area contributed by atoms with Gasteiger partial charge in [-0.1, -0.05) is 18.2 Å². The van der Waals surface area contributed by atoms with Crippen molar-refractivity contribution in [1.82, 2.24) is 4.98 Å². The monoisotopic (exact) mass is 347 g/mol. The summed E-state index contributed by atoms with van der Waals surface area (Å²) in [4.78, 5) is 5.88. The zero-order valence-corrected chi connectivity index (χ0v) is 13.9. The summed E-state index contributed by atoms with van der Waals surface area (Å²) >= 11 is 5.34. The van der Waals surface area contributed by atoms with Crippen LogP contribution in [-0.2, 0) is 0 Å². The molecular formula is C16H14BrNOS. The molecule has 0 spiro atoms. The van der Waals surface area contributed by atoms with Gasteiger partial charge in [0.25, 0.3) is 0 Å². The van der Waals surface area contributed by atoms with Crippen molar-refractivity contribution in [3.8, 4) is 17.0 Å². The van der Waals surface area contributed by atoms with Gasteiger partial charge in [0.2, 0.25) is 0 Å². The molecule has 0 fully saturated rings. The van der Waals surface area contributed by atoms with Gasteiger partial charge >= 0.3 is 0 Å². The molecule has 1 heterocycles. The summed E-state index contributed by atoms with van der Waals surface area (Å²) in [5.74, 6) is 0.853. The average Bonchev–Trinajstić information content (AvgIpc) is 2.78. The first-order valence-electron chi connectivity index (χ1n) is 6.31. The predicted molar refractivity (Wildman–Crippen MR) is 88.8 cm³/mol. The number of fused-ring (bicyclic) bond motifs is 1. The largest absolute Gasteiger partial charge is 0.496 e. The smallest absolute Gasteiger partial charge is 0.133 e. The molecule has 0 saturated heterocycles. The lowest BCUT2D eigenvalue weighted by Gasteiger charge is -2.08. The molecule has 0 amide bonds. The maximum atomic E-state index is 5.33. The standard InChI is InChI=1S/C16H14BrNOS/c1-9-16(18-10(2)20-9)12-4-6-13-11(8-12)5-7-14(19-3)15(13)17/h4-8H,1-3H3. The molecule has 4 heteroatoms. The normalized spacial score (nSPS) is 11.0. The van der Waals surface area contributed by atoms with Crippen LogP contribution < -0.4 is 4.74 Å². The highest BCUT2D eigenvalue weighted by molar-refractivity contribution is 9.10. The van der Waals surface area contributed by atoms with E-state index in [9.17, 15) is 0 Å². The second-order valence-corrected chi connectivity index (χ2v) is 6.86. The first-order chi connectivity index (χ1) is 9.60. The Morgan fingerprint density at radius 2 is 1.95 bits per heavy atom. The van der Waals surface area contributed by atoms with Crippen LogP contribution in [0.1, 0.15) is 9.88 Å². The van der Waals surface area contributed by atoms with Crippen LogP contribution in [0.4, 0.5) is 0 Å². The number of thiazole rings is 1. The molecule has 0 saturated carbocycles. The zero-order chi connectivity index (χ0) is 14.3. The predicted octanol–water partition coefficient (Wildman–Crippen LogP) is 5.35. The van der Waals surface area contributed by atoms with Gasteiger partial charge in [-0.3, -0.25) is 0 Å². The molecule has 102 valence electrons. The number of halogens is 1. The molecule has 0 bridgehead atoms. The van der Waals surface area contributed by atoms with E-state index in [4.69, 9.17) is 4.74 Å². The third kappa shape index (κ3) is 2.23. The maximum Gasteiger partial charge on any atom is 0.133 e. The van der Waals surface area contributed by atoms with E-state index in [2.05, 4.69) is 52.1 Å². The second kappa shape index (κ2) is 5.19. The van der Waals surface area contributed by atoms with Crippen molar-refractivity contribution in [2.45, 2.75) is 13.8 Å². The molecular weight excluding hydrogens is 334 g/mol. The lowest BCUT2D eigenvalue weighted by molar-refractivity contribution is 0.413. The van der Waals surface area contributed by atoms with Crippen LogP contribution in [-0.4, -0.2) is 12.1 Å². The third-order valence-corrected chi connectivity index (χ3v) is 5.02. The van der Waals surface area contributed by atoms with Crippen molar-refractivity contribution in [2.75, 3.05) is 7.11 Å². The van der Waals surface area contributed by atoms with Gasteiger partial charge < -0.3 is 4.74 Å². The van der Waals surface area contributed by atoms with Crippen LogP contribution in [0, 0.1) is 13.8 Å². The van der Waals surface area contributed by atoms with Crippen molar-refractivity contribution in [2.24, 2.45) is 0 Å². The van der Waals surface area contributed by atoms with E-state index in [0.29, 0.717) is 0 Å². The fourth-order valence-corrected chi connectivity index (χ4v) is 3.87. The highest BCUT2D eigenvalue weighted by Crippen LogP contribution is 2.36. The fraction of sp³-hybridized carbons (Fsp3) is 0.188. The Labute approximate surface area is 130 Å². The molecule has 0 aliphatic heterocycles. The number of rotatable bonds is 2. The minimum atomic E-state index is 0.853. The molecule has 1 aromatic heterocycles. The molecule has 0 aliphatic carbocycles. The van der Waals surface area contributed by atoms with E-state index >= 15 is 0 Å². The maximum absolute atomic E-state index is 5.33. The summed E-state index contributed by atoms with van der Waals surface area (Å²) in [5.41, 5.74) is 2.25. The Bertz CT molecular complexity index is 795. The van der Waals surface area contributed by atoms with E-state index < -0.39 is 0 Å². The lowest BCUT2D eigenvalue weighted by atomic mass is 10.0. The first-order valence-corrected chi connectivity index (χ1v) is 7.92. The van der Waals surface area contributed by atoms with E-state index in [1.54, 1.807) is 18.4 Å². The van der Waals surface area contributed by atoms with Crippen molar-refractivity contribution in [3.05, 3.63) is 44.7 Å². The van der Waals surface area contributed by atoms with Crippen LogP contribution in [0.15, 0.2) is 34.8 Å². The second-order valence-electron chi connectivity index (χ2n) is 4.66. The number of hydrogen-bond acceptors (Lipinski definition) is 3. The lowest BCUT2D eigenvalue weighted by Crippen LogP contribution is -1.87. The van der Waals surface area contributed by atoms with Gasteiger partial charge in [-0.15, -0.1) is 11.3 Å². The van der Waals surface area contributed by atoms with Crippen LogP contribution in [0.25, 0.3) is 22.0 Å². The van der Waals surface area contributed by atoms with Gasteiger partial charge in [-0.05, 0) is 52.7 Å². The molecule has 0 aliphatic rings. The van der Waals surface area contributed by atoms with Gasteiger partial charge in [0.05, 0.1) is 22.3 Å². The average molecular weight is 348 g/mol. The summed E-state index contributed by atoms with van der Waals surface area (Å²) in [6.07, 6.45) is 0. The Hall–Kier alpha value is -1.39. The zero-order valence-electron chi connectivity index (χ0n) is 11.5. The fourth-order valence-electron chi connectivity index (χ4n) is 2.37. The number of methoxy groups -OCH3 is 1. The van der Waals surface area contributed by atoms with Gasteiger partial charge in [0, 0.05) is 10.4 Å². The van der Waals surface area contributed by atoms with Crippen molar-refractivity contribution < 1.29 is 4.74 Å². The van der Waals surface area contributed by atoms with Gasteiger partial charge in [0.15, 0.2) is 0 Å². The van der Waals surface area contributed by atoms with Gasteiger partial charge in [0.1, 0.15) is 5.75 Å². The SMILES string of the molecule is COc1ccc2cc(-c3nc(C)sc3C)ccc2c1Br. The quantitative estimate of drug-likeness (QED) is 0.623. The summed E-state index contributed by atoms with van der Waals surface area (Å²) in [6.45, 7) is 4.16. The number of aromatic nitrogens is 1. The summed E-state index contributed by atoms with van der Waals surface area (Å²) in [7, 11) is 1.68. The number of ether oxygens (including phenoxy) is 1. The Balaban J connectivity index is 2.19. The van der Waals surface area contributed by atoms with Crippen LogP contribution in [0.5, 0.6) is 5.75 Å². The van der Waals surface area contributed by atoms with E-state index in [0.717, 1.165) is 31.9 Å². The van der Waals surface area contributed by atoms with Gasteiger partial charge in [-0.2, -0.15) is 0 Å². The Morgan fingerprint density at radius 3 is 2.60 bits per heavy atom. The number of hydrogen-bond donors (Lipinski definition) is 0. The molecule has 0 radical (unpaired) electrons. The Kier molecular flexibility index (Phi) is 3.52. The molecule has 2 nitrogen and oxygen atoms in total. The number of benzene rings is 2. The minimum Gasteiger partial charge on any atom is -0.496 e. The summed E-state index contributed by atoms with van der Waals surface area (Å²) < 4.78 is 6.33. The van der Waals surface area contributed by atoms with E-state index in [1.807, 2.05) is 13.0 Å². The van der Waals surface area contributed by atoms with Crippen LogP contribution >= 0.6 is 27.3 Å². The highest BCUT2D eigenvalue weighted by atomic mass is 79.9. The van der Waals surface area contributed by atoms with E-state index in [1.165, 1.54) is 10.3 Å². The first kappa shape index (κ1) is 13.6. The highest BCUT2D eigenvalue weighted by Gasteiger charge is 2.10. The molecule has 3 rings (SSSR count). The van der Waals surface area contributed by atoms with E-state index in [-0.39, 0.29) is 0 Å². The molecule has 0 atom stereocenters. The summed E-state index contributed by atoms with van der Waals surface area (Å²) in [5, 5.41) is 3.44. The topological polar surface area (TPSA) is 22.1 Å². The number of aryl methyl sites for hydroxylation is 2. The third-order valence-electron chi connectivity index (χ3n) is 3.32. The molecule has 0 unspecified atom stereocenters. The van der Waals surface area contributed by atoms with Crippen molar-refractivity contribution >= 4 is 38.0 Å².